The van der Waals surface area contributed by atoms with Gasteiger partial charge in [0.1, 0.15) is 0 Å². The fourth-order valence-corrected chi connectivity index (χ4v) is 3.13. The fourth-order valence-electron chi connectivity index (χ4n) is 3.13. The molecule has 1 aliphatic rings. The summed E-state index contributed by atoms with van der Waals surface area (Å²) in [5, 5.41) is 2.95. The molecule has 1 N–H and O–H groups in total. The molecule has 1 heterocycles. The van der Waals surface area contributed by atoms with Gasteiger partial charge in [0.05, 0.1) is 0 Å². The SMILES string of the molecule is CCC(=O)N1CCCc2ccc(NC(=O)c3ccccc3C)cc21. The summed E-state index contributed by atoms with van der Waals surface area (Å²) in [6.45, 7) is 4.54. The number of benzene rings is 2. The number of carbonyl (C=O) groups excluding carboxylic acids is 2. The van der Waals surface area contributed by atoms with Crippen molar-refractivity contribution < 1.29 is 9.59 Å². The Morgan fingerprint density at radius 3 is 2.71 bits per heavy atom. The number of nitrogens with zero attached hydrogens (tertiary/aromatic N) is 1. The van der Waals surface area contributed by atoms with Crippen LogP contribution in [0.3, 0.4) is 0 Å². The van der Waals surface area contributed by atoms with Crippen LogP contribution in [0.15, 0.2) is 42.5 Å². The highest BCUT2D eigenvalue weighted by Gasteiger charge is 2.22. The minimum atomic E-state index is -0.128. The van der Waals surface area contributed by atoms with Crippen molar-refractivity contribution in [3.63, 3.8) is 0 Å². The lowest BCUT2D eigenvalue weighted by atomic mass is 10.0. The Balaban J connectivity index is 1.87. The van der Waals surface area contributed by atoms with Crippen molar-refractivity contribution in [2.45, 2.75) is 33.1 Å². The first-order chi connectivity index (χ1) is 11.6. The lowest BCUT2D eigenvalue weighted by Crippen LogP contribution is -2.35. The van der Waals surface area contributed by atoms with Crippen LogP contribution in [0, 0.1) is 6.92 Å². The van der Waals surface area contributed by atoms with Crippen molar-refractivity contribution in [3.8, 4) is 0 Å². The lowest BCUT2D eigenvalue weighted by Gasteiger charge is -2.29. The van der Waals surface area contributed by atoms with Crippen LogP contribution < -0.4 is 10.2 Å². The van der Waals surface area contributed by atoms with Crippen molar-refractivity contribution in [2.75, 3.05) is 16.8 Å². The molecule has 0 spiro atoms. The van der Waals surface area contributed by atoms with Crippen LogP contribution in [0.25, 0.3) is 0 Å². The highest BCUT2D eigenvalue weighted by molar-refractivity contribution is 6.05. The third kappa shape index (κ3) is 3.18. The van der Waals surface area contributed by atoms with E-state index in [1.54, 1.807) is 0 Å². The molecule has 0 radical (unpaired) electrons. The zero-order valence-corrected chi connectivity index (χ0v) is 14.1. The largest absolute Gasteiger partial charge is 0.322 e. The van der Waals surface area contributed by atoms with Gasteiger partial charge >= 0.3 is 0 Å². The van der Waals surface area contributed by atoms with E-state index in [4.69, 9.17) is 0 Å². The van der Waals surface area contributed by atoms with Crippen molar-refractivity contribution in [1.29, 1.82) is 0 Å². The molecule has 4 nitrogen and oxygen atoms in total. The Morgan fingerprint density at radius 2 is 1.96 bits per heavy atom. The number of amides is 2. The van der Waals surface area contributed by atoms with E-state index < -0.39 is 0 Å². The van der Waals surface area contributed by atoms with Gasteiger partial charge in [0.2, 0.25) is 5.91 Å². The first-order valence-corrected chi connectivity index (χ1v) is 8.40. The molecule has 0 aromatic heterocycles. The minimum absolute atomic E-state index is 0.123. The summed E-state index contributed by atoms with van der Waals surface area (Å²) in [6.07, 6.45) is 2.43. The molecule has 0 bridgehead atoms. The quantitative estimate of drug-likeness (QED) is 0.930. The highest BCUT2D eigenvalue weighted by atomic mass is 16.2. The summed E-state index contributed by atoms with van der Waals surface area (Å²) in [5.41, 5.74) is 4.41. The van der Waals surface area contributed by atoms with Crippen LogP contribution in [-0.4, -0.2) is 18.4 Å². The van der Waals surface area contributed by atoms with Crippen LogP contribution >= 0.6 is 0 Å². The average Bonchev–Trinajstić information content (AvgIpc) is 2.60. The summed E-state index contributed by atoms with van der Waals surface area (Å²) in [6, 6.07) is 13.3. The highest BCUT2D eigenvalue weighted by Crippen LogP contribution is 2.30. The van der Waals surface area contributed by atoms with Crippen LogP contribution in [0.5, 0.6) is 0 Å². The zero-order valence-electron chi connectivity index (χ0n) is 14.1. The van der Waals surface area contributed by atoms with E-state index in [0.717, 1.165) is 41.9 Å². The van der Waals surface area contributed by atoms with Crippen LogP contribution in [0.1, 0.15) is 41.3 Å². The first kappa shape index (κ1) is 16.2. The van der Waals surface area contributed by atoms with E-state index in [2.05, 4.69) is 5.32 Å². The smallest absolute Gasteiger partial charge is 0.255 e. The van der Waals surface area contributed by atoms with Gasteiger partial charge in [0.25, 0.3) is 5.91 Å². The average molecular weight is 322 g/mol. The van der Waals surface area contributed by atoms with Crippen molar-refractivity contribution in [2.24, 2.45) is 0 Å². The molecule has 0 saturated carbocycles. The molecule has 0 atom stereocenters. The Hall–Kier alpha value is -2.62. The molecular formula is C20H22N2O2. The monoisotopic (exact) mass is 322 g/mol. The minimum Gasteiger partial charge on any atom is -0.322 e. The van der Waals surface area contributed by atoms with Crippen molar-refractivity contribution in [1.82, 2.24) is 0 Å². The summed E-state index contributed by atoms with van der Waals surface area (Å²) in [4.78, 5) is 26.5. The number of fused-ring (bicyclic) bond motifs is 1. The molecule has 2 aromatic rings. The standard InChI is InChI=1S/C20H22N2O2/c1-3-19(23)22-12-6-8-15-10-11-16(13-18(15)22)21-20(24)17-9-5-4-7-14(17)2/h4-5,7,9-11,13H,3,6,8,12H2,1-2H3,(H,21,24). The van der Waals surface area contributed by atoms with E-state index >= 15 is 0 Å². The Bertz CT molecular complexity index is 783. The normalized spacial score (nSPS) is 13.3. The van der Waals surface area contributed by atoms with Gasteiger partial charge in [0, 0.05) is 29.9 Å². The number of carbonyl (C=O) groups is 2. The molecule has 2 aromatic carbocycles. The molecule has 1 aliphatic heterocycles. The number of rotatable bonds is 3. The molecule has 124 valence electrons. The number of aryl methyl sites for hydroxylation is 2. The molecule has 0 aliphatic carbocycles. The predicted molar refractivity (Wildman–Crippen MR) is 96.5 cm³/mol. The van der Waals surface area contributed by atoms with Crippen LogP contribution in [-0.2, 0) is 11.2 Å². The molecule has 0 saturated heterocycles. The van der Waals surface area contributed by atoms with Gasteiger partial charge in [0.15, 0.2) is 0 Å². The van der Waals surface area contributed by atoms with Gasteiger partial charge in [-0.2, -0.15) is 0 Å². The fraction of sp³-hybridized carbons (Fsp3) is 0.300. The topological polar surface area (TPSA) is 49.4 Å². The second-order valence-electron chi connectivity index (χ2n) is 6.12. The summed E-state index contributed by atoms with van der Waals surface area (Å²) in [5.74, 6) is -0.00411. The Labute approximate surface area is 142 Å². The van der Waals surface area contributed by atoms with Gasteiger partial charge < -0.3 is 10.2 Å². The van der Waals surface area contributed by atoms with Crippen molar-refractivity contribution >= 4 is 23.2 Å². The molecule has 4 heteroatoms. The maximum atomic E-state index is 12.5. The van der Waals surface area contributed by atoms with E-state index in [0.29, 0.717) is 12.0 Å². The van der Waals surface area contributed by atoms with Crippen LogP contribution in [0.4, 0.5) is 11.4 Å². The molecule has 3 rings (SSSR count). The second-order valence-corrected chi connectivity index (χ2v) is 6.12. The lowest BCUT2D eigenvalue weighted by molar-refractivity contribution is -0.118. The predicted octanol–water partition coefficient (Wildman–Crippen LogP) is 3.94. The Kier molecular flexibility index (Phi) is 4.65. The van der Waals surface area contributed by atoms with Gasteiger partial charge in [-0.05, 0) is 49.1 Å². The molecule has 0 fully saturated rings. The third-order valence-electron chi connectivity index (χ3n) is 4.45. The van der Waals surface area contributed by atoms with E-state index in [9.17, 15) is 9.59 Å². The van der Waals surface area contributed by atoms with Crippen molar-refractivity contribution in [3.05, 3.63) is 59.2 Å². The maximum absolute atomic E-state index is 12.5. The molecule has 0 unspecified atom stereocenters. The van der Waals surface area contributed by atoms with Gasteiger partial charge in [-0.1, -0.05) is 31.2 Å². The van der Waals surface area contributed by atoms with Crippen LogP contribution in [0.2, 0.25) is 0 Å². The van der Waals surface area contributed by atoms with Gasteiger partial charge in [-0.3, -0.25) is 9.59 Å². The van der Waals surface area contributed by atoms with Gasteiger partial charge in [-0.15, -0.1) is 0 Å². The first-order valence-electron chi connectivity index (χ1n) is 8.40. The third-order valence-corrected chi connectivity index (χ3v) is 4.45. The maximum Gasteiger partial charge on any atom is 0.255 e. The Morgan fingerprint density at radius 1 is 1.17 bits per heavy atom. The zero-order chi connectivity index (χ0) is 17.1. The summed E-state index contributed by atoms with van der Waals surface area (Å²) >= 11 is 0. The summed E-state index contributed by atoms with van der Waals surface area (Å²) < 4.78 is 0. The summed E-state index contributed by atoms with van der Waals surface area (Å²) in [7, 11) is 0. The van der Waals surface area contributed by atoms with E-state index in [-0.39, 0.29) is 11.8 Å². The molecule has 24 heavy (non-hydrogen) atoms. The number of anilines is 2. The van der Waals surface area contributed by atoms with Gasteiger partial charge in [-0.25, -0.2) is 0 Å². The van der Waals surface area contributed by atoms with E-state index in [1.165, 1.54) is 0 Å². The van der Waals surface area contributed by atoms with E-state index in [1.807, 2.05) is 61.2 Å². The number of hydrogen-bond acceptors (Lipinski definition) is 2. The number of nitrogens with one attached hydrogen (secondary N) is 1. The molecular weight excluding hydrogens is 300 g/mol. The molecule has 2 amide bonds. The number of hydrogen-bond donors (Lipinski definition) is 1. The second kappa shape index (κ2) is 6.87.